The molecule has 0 aliphatic carbocycles. The lowest BCUT2D eigenvalue weighted by atomic mass is 10.0. The van der Waals surface area contributed by atoms with E-state index >= 15 is 0 Å². The average molecular weight is 366 g/mol. The molecule has 2 N–H and O–H groups in total. The van der Waals surface area contributed by atoms with E-state index in [4.69, 9.17) is 9.15 Å². The molecule has 0 saturated heterocycles. The number of ether oxygens (including phenoxy) is 1. The van der Waals surface area contributed by atoms with Gasteiger partial charge in [0.05, 0.1) is 19.2 Å². The third kappa shape index (κ3) is 3.92. The largest absolute Gasteiger partial charge is 0.497 e. The Balaban J connectivity index is 1.72. The zero-order chi connectivity index (χ0) is 19.6. The third-order valence-electron chi connectivity index (χ3n) is 4.92. The molecule has 2 aromatic carbocycles. The van der Waals surface area contributed by atoms with Gasteiger partial charge in [-0.05, 0) is 57.0 Å². The van der Waals surface area contributed by atoms with Crippen molar-refractivity contribution in [2.24, 2.45) is 0 Å². The summed E-state index contributed by atoms with van der Waals surface area (Å²) in [6.07, 6.45) is 0. The van der Waals surface area contributed by atoms with Crippen LogP contribution in [-0.4, -0.2) is 13.1 Å². The minimum Gasteiger partial charge on any atom is -0.497 e. The molecule has 0 spiro atoms. The Bertz CT molecular complexity index is 961. The molecule has 3 rings (SSSR count). The van der Waals surface area contributed by atoms with Gasteiger partial charge in [-0.2, -0.15) is 0 Å². The number of rotatable bonds is 5. The molecule has 0 fully saturated rings. The molecule has 1 heterocycles. The van der Waals surface area contributed by atoms with Gasteiger partial charge in [0.2, 0.25) is 0 Å². The maximum atomic E-state index is 12.5. The summed E-state index contributed by atoms with van der Waals surface area (Å²) in [6.45, 7) is 7.93. The SMILES string of the molecule is COc1ccc2oc(C(C)NC(=O)NC(C)c3ccccc3C)c(C)c2c1. The van der Waals surface area contributed by atoms with E-state index in [1.807, 2.05) is 70.2 Å². The minimum absolute atomic E-state index is 0.0839. The van der Waals surface area contributed by atoms with E-state index in [0.717, 1.165) is 39.2 Å². The van der Waals surface area contributed by atoms with Gasteiger partial charge in [-0.3, -0.25) is 0 Å². The molecule has 0 bridgehead atoms. The van der Waals surface area contributed by atoms with Crippen LogP contribution in [0.1, 0.15) is 48.4 Å². The van der Waals surface area contributed by atoms with Crippen LogP contribution in [-0.2, 0) is 0 Å². The van der Waals surface area contributed by atoms with Gasteiger partial charge < -0.3 is 19.8 Å². The summed E-state index contributed by atoms with van der Waals surface area (Å²) < 4.78 is 11.3. The molecule has 1 aromatic heterocycles. The van der Waals surface area contributed by atoms with Gasteiger partial charge in [0.15, 0.2) is 0 Å². The van der Waals surface area contributed by atoms with Crippen molar-refractivity contribution in [3.63, 3.8) is 0 Å². The summed E-state index contributed by atoms with van der Waals surface area (Å²) in [5, 5.41) is 6.96. The summed E-state index contributed by atoms with van der Waals surface area (Å²) in [4.78, 5) is 12.5. The van der Waals surface area contributed by atoms with Crippen molar-refractivity contribution in [3.8, 4) is 5.75 Å². The molecule has 0 saturated carbocycles. The second-order valence-corrected chi connectivity index (χ2v) is 6.87. The Labute approximate surface area is 159 Å². The Morgan fingerprint density at radius 2 is 1.74 bits per heavy atom. The fourth-order valence-electron chi connectivity index (χ4n) is 3.41. The maximum Gasteiger partial charge on any atom is 0.315 e. The molecular formula is C22H26N2O3. The highest BCUT2D eigenvalue weighted by atomic mass is 16.5. The Morgan fingerprint density at radius 1 is 1.04 bits per heavy atom. The standard InChI is InChI=1S/C22H26N2O3/c1-13-8-6-7-9-18(13)15(3)23-22(25)24-16(4)21-14(2)19-12-17(26-5)10-11-20(19)27-21/h6-12,15-16H,1-5H3,(H2,23,24,25). The average Bonchev–Trinajstić information content (AvgIpc) is 2.98. The third-order valence-corrected chi connectivity index (χ3v) is 4.92. The highest BCUT2D eigenvalue weighted by Crippen LogP contribution is 2.31. The lowest BCUT2D eigenvalue weighted by Crippen LogP contribution is -2.38. The number of fused-ring (bicyclic) bond motifs is 1. The number of methoxy groups -OCH3 is 1. The van der Waals surface area contributed by atoms with Crippen LogP contribution in [0.25, 0.3) is 11.0 Å². The summed E-state index contributed by atoms with van der Waals surface area (Å²) in [7, 11) is 1.64. The van der Waals surface area contributed by atoms with E-state index in [0.29, 0.717) is 0 Å². The van der Waals surface area contributed by atoms with E-state index in [1.165, 1.54) is 0 Å². The number of nitrogens with one attached hydrogen (secondary N) is 2. The molecule has 0 aliphatic rings. The highest BCUT2D eigenvalue weighted by molar-refractivity contribution is 5.84. The van der Waals surface area contributed by atoms with Gasteiger partial charge >= 0.3 is 6.03 Å². The molecule has 0 radical (unpaired) electrons. The number of amides is 2. The Hall–Kier alpha value is -2.95. The van der Waals surface area contributed by atoms with Crippen LogP contribution in [0.4, 0.5) is 4.79 Å². The van der Waals surface area contributed by atoms with E-state index in [1.54, 1.807) is 7.11 Å². The van der Waals surface area contributed by atoms with Crippen LogP contribution in [0.2, 0.25) is 0 Å². The number of hydrogen-bond acceptors (Lipinski definition) is 3. The molecule has 27 heavy (non-hydrogen) atoms. The van der Waals surface area contributed by atoms with Crippen LogP contribution in [0.3, 0.4) is 0 Å². The second-order valence-electron chi connectivity index (χ2n) is 6.87. The number of aryl methyl sites for hydroxylation is 2. The molecule has 142 valence electrons. The minimum atomic E-state index is -0.257. The number of carbonyl (C=O) groups is 1. The monoisotopic (exact) mass is 366 g/mol. The Morgan fingerprint density at radius 3 is 2.44 bits per heavy atom. The number of urea groups is 1. The lowest BCUT2D eigenvalue weighted by molar-refractivity contribution is 0.233. The molecule has 5 nitrogen and oxygen atoms in total. The van der Waals surface area contributed by atoms with E-state index < -0.39 is 0 Å². The van der Waals surface area contributed by atoms with Crippen LogP contribution in [0.5, 0.6) is 5.75 Å². The Kier molecular flexibility index (Phi) is 5.40. The van der Waals surface area contributed by atoms with Crippen molar-refractivity contribution in [2.45, 2.75) is 39.8 Å². The molecule has 2 amide bonds. The normalized spacial score (nSPS) is 13.2. The van der Waals surface area contributed by atoms with Crippen molar-refractivity contribution < 1.29 is 13.9 Å². The molecule has 0 aliphatic heterocycles. The first kappa shape index (κ1) is 18.8. The van der Waals surface area contributed by atoms with Crippen molar-refractivity contribution >= 4 is 17.0 Å². The summed E-state index contributed by atoms with van der Waals surface area (Å²) in [5.74, 6) is 1.53. The maximum absolute atomic E-state index is 12.5. The van der Waals surface area contributed by atoms with Gasteiger partial charge in [-0.15, -0.1) is 0 Å². The zero-order valence-corrected chi connectivity index (χ0v) is 16.4. The van der Waals surface area contributed by atoms with Crippen LogP contribution in [0, 0.1) is 13.8 Å². The molecule has 2 unspecified atom stereocenters. The fraction of sp³-hybridized carbons (Fsp3) is 0.318. The van der Waals surface area contributed by atoms with Crippen molar-refractivity contribution in [2.75, 3.05) is 7.11 Å². The van der Waals surface area contributed by atoms with Crippen molar-refractivity contribution in [1.29, 1.82) is 0 Å². The van der Waals surface area contributed by atoms with Gasteiger partial charge in [0.25, 0.3) is 0 Å². The number of carbonyl (C=O) groups excluding carboxylic acids is 1. The predicted molar refractivity (Wildman–Crippen MR) is 107 cm³/mol. The first-order valence-corrected chi connectivity index (χ1v) is 9.10. The van der Waals surface area contributed by atoms with Gasteiger partial charge in [-0.25, -0.2) is 4.79 Å². The quantitative estimate of drug-likeness (QED) is 0.654. The molecule has 5 heteroatoms. The van der Waals surface area contributed by atoms with E-state index in [-0.39, 0.29) is 18.1 Å². The van der Waals surface area contributed by atoms with Crippen molar-refractivity contribution in [3.05, 3.63) is 64.9 Å². The van der Waals surface area contributed by atoms with E-state index in [2.05, 4.69) is 10.6 Å². The lowest BCUT2D eigenvalue weighted by Gasteiger charge is -2.19. The van der Waals surface area contributed by atoms with Crippen LogP contribution < -0.4 is 15.4 Å². The van der Waals surface area contributed by atoms with E-state index in [9.17, 15) is 4.79 Å². The smallest absolute Gasteiger partial charge is 0.315 e. The topological polar surface area (TPSA) is 63.5 Å². The number of hydrogen-bond donors (Lipinski definition) is 2. The molecule has 2 atom stereocenters. The van der Waals surface area contributed by atoms with Crippen LogP contribution in [0.15, 0.2) is 46.9 Å². The van der Waals surface area contributed by atoms with Gasteiger partial charge in [0, 0.05) is 10.9 Å². The van der Waals surface area contributed by atoms with Crippen LogP contribution >= 0.6 is 0 Å². The molecule has 3 aromatic rings. The second kappa shape index (κ2) is 7.74. The van der Waals surface area contributed by atoms with Crippen molar-refractivity contribution in [1.82, 2.24) is 10.6 Å². The number of benzene rings is 2. The summed E-state index contributed by atoms with van der Waals surface area (Å²) >= 11 is 0. The first-order valence-electron chi connectivity index (χ1n) is 9.10. The fourth-order valence-corrected chi connectivity index (χ4v) is 3.41. The van der Waals surface area contributed by atoms with Gasteiger partial charge in [-0.1, -0.05) is 24.3 Å². The predicted octanol–water partition coefficient (Wildman–Crippen LogP) is 5.18. The number of furan rings is 1. The highest BCUT2D eigenvalue weighted by Gasteiger charge is 2.20. The zero-order valence-electron chi connectivity index (χ0n) is 16.4. The first-order chi connectivity index (χ1) is 12.9. The summed E-state index contributed by atoms with van der Waals surface area (Å²) in [6, 6.07) is 13.2. The summed E-state index contributed by atoms with van der Waals surface area (Å²) in [5.41, 5.74) is 4.04. The molecular weight excluding hydrogens is 340 g/mol. The van der Waals surface area contributed by atoms with Gasteiger partial charge in [0.1, 0.15) is 17.1 Å².